The summed E-state index contributed by atoms with van der Waals surface area (Å²) in [5.74, 6) is -0.106. The molecule has 4 atom stereocenters. The molecular formula is C35H38ClN5O6Si. The van der Waals surface area contributed by atoms with Crippen molar-refractivity contribution in [3.63, 3.8) is 0 Å². The van der Waals surface area contributed by atoms with Crippen LogP contribution in [0.5, 0.6) is 5.75 Å². The lowest BCUT2D eigenvalue weighted by molar-refractivity contribution is -0.146. The number of rotatable bonds is 9. The third kappa shape index (κ3) is 5.51. The summed E-state index contributed by atoms with van der Waals surface area (Å²) >= 11 is 6.57. The summed E-state index contributed by atoms with van der Waals surface area (Å²) in [6.07, 6.45) is 2.30. The van der Waals surface area contributed by atoms with Crippen molar-refractivity contribution in [3.05, 3.63) is 94.8 Å². The number of amides is 2. The molecule has 3 aliphatic rings. The van der Waals surface area contributed by atoms with E-state index in [2.05, 4.69) is 10.3 Å². The van der Waals surface area contributed by atoms with Crippen molar-refractivity contribution >= 4 is 48.8 Å². The molecule has 2 amide bonds. The van der Waals surface area contributed by atoms with Crippen molar-refractivity contribution in [1.29, 1.82) is 0 Å². The number of aliphatic hydroxyl groups is 1. The lowest BCUT2D eigenvalue weighted by Crippen LogP contribution is -2.46. The van der Waals surface area contributed by atoms with Crippen LogP contribution in [0.25, 0.3) is 0 Å². The van der Waals surface area contributed by atoms with E-state index in [1.807, 2.05) is 80.7 Å². The van der Waals surface area contributed by atoms with Gasteiger partial charge in [-0.3, -0.25) is 19.2 Å². The average Bonchev–Trinajstić information content (AvgIpc) is 3.70. The minimum absolute atomic E-state index is 0.0129. The maximum Gasteiger partial charge on any atom is 0.269 e. The van der Waals surface area contributed by atoms with E-state index in [1.165, 1.54) is 0 Å². The molecule has 11 nitrogen and oxygen atoms in total. The van der Waals surface area contributed by atoms with Crippen LogP contribution in [0, 0.1) is 5.92 Å². The fourth-order valence-electron chi connectivity index (χ4n) is 7.77. The summed E-state index contributed by atoms with van der Waals surface area (Å²) in [5, 5.41) is 18.1. The van der Waals surface area contributed by atoms with Crippen LogP contribution in [0.15, 0.2) is 72.9 Å². The Morgan fingerprint density at radius 2 is 1.88 bits per heavy atom. The highest BCUT2D eigenvalue weighted by Gasteiger charge is 2.66. The number of nitrogens with zero attached hydrogens (tertiary/aromatic N) is 5. The Balaban J connectivity index is 1.21. The van der Waals surface area contributed by atoms with Crippen LogP contribution in [-0.2, 0) is 39.4 Å². The fraction of sp³-hybridized carbons (Fsp3) is 0.371. The minimum Gasteiger partial charge on any atom is -0.482 e. The highest BCUT2D eigenvalue weighted by atomic mass is 35.5. The lowest BCUT2D eigenvalue weighted by Gasteiger charge is -2.32. The first kappa shape index (κ1) is 32.5. The molecule has 4 heterocycles. The zero-order valence-corrected chi connectivity index (χ0v) is 28.8. The van der Waals surface area contributed by atoms with Gasteiger partial charge < -0.3 is 24.3 Å². The molecule has 13 heteroatoms. The zero-order valence-electron chi connectivity index (χ0n) is 27.0. The van der Waals surface area contributed by atoms with Gasteiger partial charge in [0.05, 0.1) is 29.7 Å². The van der Waals surface area contributed by atoms with E-state index in [4.69, 9.17) is 21.1 Å². The number of aliphatic hydroxyl groups excluding tert-OH is 1. The second kappa shape index (κ2) is 12.4. The Labute approximate surface area is 284 Å². The normalized spacial score (nSPS) is 23.5. The Morgan fingerprint density at radius 3 is 2.67 bits per heavy atom. The van der Waals surface area contributed by atoms with Gasteiger partial charge in [0, 0.05) is 53.5 Å². The molecule has 0 bridgehead atoms. The van der Waals surface area contributed by atoms with Crippen LogP contribution < -0.4 is 14.5 Å². The maximum atomic E-state index is 14.8. The Kier molecular flexibility index (Phi) is 8.41. The van der Waals surface area contributed by atoms with Gasteiger partial charge in [0.25, 0.3) is 11.8 Å². The largest absolute Gasteiger partial charge is 0.482 e. The predicted molar refractivity (Wildman–Crippen MR) is 183 cm³/mol. The van der Waals surface area contributed by atoms with Crippen molar-refractivity contribution in [2.24, 2.45) is 5.92 Å². The summed E-state index contributed by atoms with van der Waals surface area (Å²) in [6.45, 7) is 6.42. The predicted octanol–water partition coefficient (Wildman–Crippen LogP) is 4.96. The summed E-state index contributed by atoms with van der Waals surface area (Å²) in [4.78, 5) is 42.9. The van der Waals surface area contributed by atoms with E-state index in [1.54, 1.807) is 26.7 Å². The maximum absolute atomic E-state index is 14.8. The van der Waals surface area contributed by atoms with Crippen LogP contribution in [0.3, 0.4) is 0 Å². The highest BCUT2D eigenvalue weighted by molar-refractivity contribution is 6.71. The second-order valence-corrected chi connectivity index (χ2v) is 17.7. The number of aromatic nitrogens is 3. The number of para-hydroxylation sites is 2. The molecule has 250 valence electrons. The fourth-order valence-corrected chi connectivity index (χ4v) is 10.5. The summed E-state index contributed by atoms with van der Waals surface area (Å²) < 4.78 is 14.3. The van der Waals surface area contributed by atoms with Gasteiger partial charge in [0.15, 0.2) is 20.5 Å². The Morgan fingerprint density at radius 1 is 1.06 bits per heavy atom. The number of benzene rings is 3. The minimum atomic E-state index is -2.87. The van der Waals surface area contributed by atoms with Gasteiger partial charge in [-0.15, -0.1) is 5.10 Å². The Bertz CT molecular complexity index is 1880. The number of ether oxygens (including phenoxy) is 2. The standard InChI is InChI=1S/C35H38ClN5O6Si/c1-22-33(48(2,3)45)31(13-15-39-20-25(14-16-42)37-38-39)47-35(22)27-18-24(36)11-12-28(27)40(34(35)44)19-23-7-6-8-26(17-23)41-29-9-4-5-10-30(29)46-21-32(41)43/h4-12,17-18,20,22,31,33,42,45H,13-16,19,21H2,1-3H3/t22-,31+,33-,35+/m0/s1. The molecule has 0 unspecified atom stereocenters. The van der Waals surface area contributed by atoms with E-state index < -0.39 is 20.0 Å². The molecule has 1 aromatic heterocycles. The number of anilines is 3. The number of fused-ring (bicyclic) bond motifs is 3. The number of carbonyl (C=O) groups is 2. The van der Waals surface area contributed by atoms with Gasteiger partial charge in [-0.25, -0.2) is 0 Å². The van der Waals surface area contributed by atoms with Gasteiger partial charge in [-0.2, -0.15) is 0 Å². The molecule has 7 rings (SSSR count). The average molecular weight is 688 g/mol. The number of halogens is 1. The smallest absolute Gasteiger partial charge is 0.269 e. The zero-order chi connectivity index (χ0) is 33.8. The van der Waals surface area contributed by atoms with E-state index in [0.717, 1.165) is 5.56 Å². The molecule has 3 aliphatic heterocycles. The quantitative estimate of drug-likeness (QED) is 0.236. The molecule has 0 radical (unpaired) electrons. The lowest BCUT2D eigenvalue weighted by atomic mass is 9.82. The van der Waals surface area contributed by atoms with Gasteiger partial charge in [-0.1, -0.05) is 48.0 Å². The van der Waals surface area contributed by atoms with E-state index >= 15 is 0 Å². The number of aryl methyl sites for hydroxylation is 1. The van der Waals surface area contributed by atoms with Crippen molar-refractivity contribution in [1.82, 2.24) is 15.0 Å². The molecular weight excluding hydrogens is 650 g/mol. The van der Waals surface area contributed by atoms with Crippen LogP contribution in [0.4, 0.5) is 17.1 Å². The van der Waals surface area contributed by atoms with Crippen LogP contribution in [0.2, 0.25) is 23.7 Å². The number of hydrogen-bond acceptors (Lipinski definition) is 8. The van der Waals surface area contributed by atoms with Gasteiger partial charge in [-0.05, 0) is 67.5 Å². The van der Waals surface area contributed by atoms with Gasteiger partial charge >= 0.3 is 0 Å². The second-order valence-electron chi connectivity index (χ2n) is 13.3. The third-order valence-corrected chi connectivity index (χ3v) is 12.5. The molecule has 1 saturated heterocycles. The van der Waals surface area contributed by atoms with E-state index in [-0.39, 0.29) is 43.0 Å². The molecule has 4 aromatic rings. The molecule has 48 heavy (non-hydrogen) atoms. The van der Waals surface area contributed by atoms with Crippen molar-refractivity contribution < 1.29 is 29.0 Å². The number of carbonyl (C=O) groups excluding carboxylic acids is 2. The van der Waals surface area contributed by atoms with Crippen molar-refractivity contribution in [2.75, 3.05) is 23.0 Å². The SMILES string of the molecule is C[C@H]1[C@H]([Si](C)(C)O)[C@@H](CCn2cc(CCO)nn2)O[C@]12C(=O)N(Cc1cccc(N3C(=O)COc4ccccc43)c1)c1ccc(Cl)cc12. The molecule has 2 N–H and O–H groups in total. The Hall–Kier alpha value is -4.07. The van der Waals surface area contributed by atoms with Gasteiger partial charge in [0.2, 0.25) is 0 Å². The van der Waals surface area contributed by atoms with E-state index in [9.17, 15) is 19.5 Å². The summed E-state index contributed by atoms with van der Waals surface area (Å²) in [6, 6.07) is 20.5. The molecule has 0 saturated carbocycles. The molecule has 1 fully saturated rings. The van der Waals surface area contributed by atoms with Crippen molar-refractivity contribution in [3.8, 4) is 5.75 Å². The number of hydrogen-bond donors (Lipinski definition) is 2. The topological polar surface area (TPSA) is 130 Å². The summed E-state index contributed by atoms with van der Waals surface area (Å²) in [5.41, 5.74) is 2.66. The molecule has 3 aromatic carbocycles. The van der Waals surface area contributed by atoms with Crippen LogP contribution >= 0.6 is 11.6 Å². The van der Waals surface area contributed by atoms with Crippen LogP contribution in [0.1, 0.15) is 30.2 Å². The van der Waals surface area contributed by atoms with Crippen molar-refractivity contribution in [2.45, 2.75) is 63.2 Å². The summed E-state index contributed by atoms with van der Waals surface area (Å²) in [7, 11) is -2.87. The highest BCUT2D eigenvalue weighted by Crippen LogP contribution is 2.60. The first-order chi connectivity index (χ1) is 23.0. The first-order valence-corrected chi connectivity index (χ1v) is 19.6. The van der Waals surface area contributed by atoms with E-state index in [0.29, 0.717) is 58.5 Å². The van der Waals surface area contributed by atoms with Crippen LogP contribution in [-0.4, -0.2) is 64.3 Å². The molecule has 1 spiro atoms. The monoisotopic (exact) mass is 687 g/mol. The molecule has 0 aliphatic carbocycles. The third-order valence-electron chi connectivity index (χ3n) is 9.76. The van der Waals surface area contributed by atoms with Gasteiger partial charge in [0.1, 0.15) is 5.75 Å². The first-order valence-electron chi connectivity index (χ1n) is 16.2.